The van der Waals surface area contributed by atoms with Gasteiger partial charge < -0.3 is 15.0 Å². The highest BCUT2D eigenvalue weighted by atomic mass is 32.1. The summed E-state index contributed by atoms with van der Waals surface area (Å²) < 4.78 is 7.48. The van der Waals surface area contributed by atoms with Gasteiger partial charge >= 0.3 is 0 Å². The Kier molecular flexibility index (Phi) is 5.76. The lowest BCUT2D eigenvalue weighted by atomic mass is 10.1. The molecule has 0 unspecified atom stereocenters. The third-order valence-electron chi connectivity index (χ3n) is 5.27. The Bertz CT molecular complexity index is 1590. The molecule has 0 saturated carbocycles. The van der Waals surface area contributed by atoms with Crippen LogP contribution in [0, 0.1) is 4.77 Å². The summed E-state index contributed by atoms with van der Waals surface area (Å²) in [6.45, 7) is 0. The van der Waals surface area contributed by atoms with Gasteiger partial charge in [-0.25, -0.2) is 0 Å². The largest absolute Gasteiger partial charge is 0.457 e. The summed E-state index contributed by atoms with van der Waals surface area (Å²) in [4.78, 5) is 28.9. The summed E-state index contributed by atoms with van der Waals surface area (Å²) in [5, 5.41) is 3.30. The number of hydrogen-bond donors (Lipinski definition) is 2. The summed E-state index contributed by atoms with van der Waals surface area (Å²) in [7, 11) is 0. The van der Waals surface area contributed by atoms with Gasteiger partial charge in [0.05, 0.1) is 16.6 Å². The molecule has 0 bridgehead atoms. The predicted molar refractivity (Wildman–Crippen MR) is 136 cm³/mol. The summed E-state index contributed by atoms with van der Waals surface area (Å²) in [6.07, 6.45) is 0. The molecule has 4 aromatic carbocycles. The molecule has 166 valence electrons. The first-order valence-electron chi connectivity index (χ1n) is 10.6. The van der Waals surface area contributed by atoms with Crippen LogP contribution in [0.4, 0.5) is 5.69 Å². The highest BCUT2D eigenvalue weighted by molar-refractivity contribution is 7.71. The summed E-state index contributed by atoms with van der Waals surface area (Å²) in [5.74, 6) is 1.10. The lowest BCUT2D eigenvalue weighted by Gasteiger charge is -2.10. The van der Waals surface area contributed by atoms with Gasteiger partial charge in [0.1, 0.15) is 11.5 Å². The minimum atomic E-state index is -0.301. The molecule has 0 atom stereocenters. The molecule has 0 aliphatic carbocycles. The van der Waals surface area contributed by atoms with Gasteiger partial charge in [-0.2, -0.15) is 0 Å². The number of carbonyl (C=O) groups excluding carboxylic acids is 1. The van der Waals surface area contributed by atoms with Crippen molar-refractivity contribution < 1.29 is 9.53 Å². The second-order valence-electron chi connectivity index (χ2n) is 7.56. The highest BCUT2D eigenvalue weighted by Gasteiger charge is 2.12. The number of aromatic amines is 1. The van der Waals surface area contributed by atoms with Gasteiger partial charge in [0.25, 0.3) is 11.5 Å². The number of H-pyrrole nitrogens is 1. The maximum Gasteiger partial charge on any atom is 0.266 e. The van der Waals surface area contributed by atoms with Gasteiger partial charge in [0.15, 0.2) is 4.77 Å². The van der Waals surface area contributed by atoms with Crippen molar-refractivity contribution in [3.8, 4) is 17.2 Å². The summed E-state index contributed by atoms with van der Waals surface area (Å²) >= 11 is 5.42. The number of carbonyl (C=O) groups is 1. The number of para-hydroxylation sites is 2. The van der Waals surface area contributed by atoms with E-state index in [-0.39, 0.29) is 16.2 Å². The SMILES string of the molecule is O=C(Nc1ccc(Oc2ccccc2)cc1)c1ccc2c(=O)n(-c3ccccc3)c(=S)[nH]c2c1. The van der Waals surface area contributed by atoms with Gasteiger partial charge in [0.2, 0.25) is 0 Å². The van der Waals surface area contributed by atoms with Crippen molar-refractivity contribution in [3.05, 3.63) is 124 Å². The van der Waals surface area contributed by atoms with E-state index in [2.05, 4.69) is 10.3 Å². The zero-order chi connectivity index (χ0) is 23.5. The molecule has 0 spiro atoms. The molecule has 34 heavy (non-hydrogen) atoms. The van der Waals surface area contributed by atoms with E-state index in [1.54, 1.807) is 42.5 Å². The maximum absolute atomic E-state index is 13.0. The molecule has 5 aromatic rings. The molecule has 5 rings (SSSR count). The Balaban J connectivity index is 1.37. The topological polar surface area (TPSA) is 76.1 Å². The number of rotatable bonds is 5. The van der Waals surface area contributed by atoms with Crippen molar-refractivity contribution in [2.45, 2.75) is 0 Å². The fraction of sp³-hybridized carbons (Fsp3) is 0. The Morgan fingerprint density at radius 2 is 1.47 bits per heavy atom. The predicted octanol–water partition coefficient (Wildman–Crippen LogP) is 6.09. The number of nitrogens with one attached hydrogen (secondary N) is 2. The average Bonchev–Trinajstić information content (AvgIpc) is 2.86. The molecule has 7 heteroatoms. The second-order valence-corrected chi connectivity index (χ2v) is 7.95. The molecule has 1 aromatic heterocycles. The smallest absolute Gasteiger partial charge is 0.266 e. The number of anilines is 1. The highest BCUT2D eigenvalue weighted by Crippen LogP contribution is 2.23. The fourth-order valence-corrected chi connectivity index (χ4v) is 3.90. The zero-order valence-corrected chi connectivity index (χ0v) is 18.7. The van der Waals surface area contributed by atoms with Crippen LogP contribution in [0.2, 0.25) is 0 Å². The summed E-state index contributed by atoms with van der Waals surface area (Å²) in [6, 6.07) is 30.6. The lowest BCUT2D eigenvalue weighted by molar-refractivity contribution is 0.102. The first kappa shape index (κ1) is 21.4. The van der Waals surface area contributed by atoms with Crippen LogP contribution in [0.5, 0.6) is 11.5 Å². The first-order valence-corrected chi connectivity index (χ1v) is 11.0. The minimum Gasteiger partial charge on any atom is -0.457 e. The second kappa shape index (κ2) is 9.17. The molecule has 0 aliphatic heterocycles. The normalized spacial score (nSPS) is 10.7. The van der Waals surface area contributed by atoms with Crippen LogP contribution >= 0.6 is 12.2 Å². The monoisotopic (exact) mass is 465 g/mol. The molecule has 1 amide bonds. The van der Waals surface area contributed by atoms with E-state index in [1.807, 2.05) is 60.7 Å². The maximum atomic E-state index is 13.0. The molecule has 1 heterocycles. The van der Waals surface area contributed by atoms with Crippen LogP contribution < -0.4 is 15.6 Å². The first-order chi connectivity index (χ1) is 16.6. The Hall–Kier alpha value is -4.49. The van der Waals surface area contributed by atoms with E-state index < -0.39 is 0 Å². The van der Waals surface area contributed by atoms with Gasteiger partial charge in [-0.1, -0.05) is 36.4 Å². The molecular weight excluding hydrogens is 446 g/mol. The molecule has 0 fully saturated rings. The van der Waals surface area contributed by atoms with Crippen LogP contribution in [0.15, 0.2) is 108 Å². The van der Waals surface area contributed by atoms with Crippen molar-refractivity contribution in [2.75, 3.05) is 5.32 Å². The van der Waals surface area contributed by atoms with Crippen LogP contribution in [0.1, 0.15) is 10.4 Å². The minimum absolute atomic E-state index is 0.245. The molecule has 2 N–H and O–H groups in total. The van der Waals surface area contributed by atoms with Gasteiger partial charge in [0, 0.05) is 11.3 Å². The quantitative estimate of drug-likeness (QED) is 0.308. The number of nitrogens with zero attached hydrogens (tertiary/aromatic N) is 1. The third-order valence-corrected chi connectivity index (χ3v) is 5.55. The van der Waals surface area contributed by atoms with Crippen LogP contribution in [-0.2, 0) is 0 Å². The Labute approximate surface area is 200 Å². The van der Waals surface area contributed by atoms with Crippen LogP contribution in [0.3, 0.4) is 0 Å². The van der Waals surface area contributed by atoms with E-state index in [0.29, 0.717) is 33.6 Å². The number of ether oxygens (including phenoxy) is 1. The lowest BCUT2D eigenvalue weighted by Crippen LogP contribution is -2.21. The number of benzene rings is 4. The van der Waals surface area contributed by atoms with E-state index in [0.717, 1.165) is 5.75 Å². The zero-order valence-electron chi connectivity index (χ0n) is 17.9. The fourth-order valence-electron chi connectivity index (χ4n) is 3.60. The Morgan fingerprint density at radius 1 is 0.824 bits per heavy atom. The van der Waals surface area contributed by atoms with Crippen molar-refractivity contribution in [1.82, 2.24) is 9.55 Å². The molecule has 0 radical (unpaired) electrons. The summed E-state index contributed by atoms with van der Waals surface area (Å²) in [5.41, 5.74) is 1.96. The number of fused-ring (bicyclic) bond motifs is 1. The van der Waals surface area contributed by atoms with Gasteiger partial charge in [-0.15, -0.1) is 0 Å². The average molecular weight is 466 g/mol. The van der Waals surface area contributed by atoms with E-state index in [4.69, 9.17) is 17.0 Å². The molecule has 0 saturated heterocycles. The Morgan fingerprint density at radius 3 is 2.18 bits per heavy atom. The third kappa shape index (κ3) is 4.37. The van der Waals surface area contributed by atoms with Crippen molar-refractivity contribution in [2.24, 2.45) is 0 Å². The standard InChI is InChI=1S/C27H19N3O3S/c31-25(28-19-12-14-22(15-13-19)33-21-9-5-2-6-10-21)18-11-16-23-24(17-18)29-27(34)30(26(23)32)20-7-3-1-4-8-20/h1-17H,(H,28,31)(H,29,34). The van der Waals surface area contributed by atoms with E-state index in [1.165, 1.54) is 4.57 Å². The van der Waals surface area contributed by atoms with Crippen molar-refractivity contribution in [3.63, 3.8) is 0 Å². The van der Waals surface area contributed by atoms with Gasteiger partial charge in [-0.3, -0.25) is 14.2 Å². The van der Waals surface area contributed by atoms with E-state index >= 15 is 0 Å². The number of aromatic nitrogens is 2. The van der Waals surface area contributed by atoms with Crippen LogP contribution in [-0.4, -0.2) is 15.5 Å². The van der Waals surface area contributed by atoms with Crippen LogP contribution in [0.25, 0.3) is 16.6 Å². The van der Waals surface area contributed by atoms with E-state index in [9.17, 15) is 9.59 Å². The molecule has 6 nitrogen and oxygen atoms in total. The molecule has 0 aliphatic rings. The van der Waals surface area contributed by atoms with Crippen molar-refractivity contribution in [1.29, 1.82) is 0 Å². The molecular formula is C27H19N3O3S. The number of amides is 1. The van der Waals surface area contributed by atoms with Crippen molar-refractivity contribution >= 4 is 34.7 Å². The number of hydrogen-bond acceptors (Lipinski definition) is 4. The van der Waals surface area contributed by atoms with Gasteiger partial charge in [-0.05, 0) is 78.9 Å².